The van der Waals surface area contributed by atoms with Gasteiger partial charge in [-0.2, -0.15) is 0 Å². The molecule has 0 fully saturated rings. The zero-order valence-electron chi connectivity index (χ0n) is 33.1. The molecule has 9 rings (SSSR count). The third-order valence-electron chi connectivity index (χ3n) is 11.0. The number of benzene rings is 9. The molecule has 0 amide bonds. The van der Waals surface area contributed by atoms with Gasteiger partial charge in [-0.25, -0.2) is 0 Å². The van der Waals surface area contributed by atoms with Crippen LogP contribution in [0, 0.1) is 0 Å². The van der Waals surface area contributed by atoms with Crippen molar-refractivity contribution in [3.05, 3.63) is 254 Å². The maximum Gasteiger partial charge on any atom is 0.0468 e. The van der Waals surface area contributed by atoms with E-state index in [2.05, 4.69) is 254 Å². The zero-order chi connectivity index (χ0) is 40.0. The highest BCUT2D eigenvalue weighted by Gasteiger charge is 2.15. The number of anilines is 5. The summed E-state index contributed by atoms with van der Waals surface area (Å²) >= 11 is 0. The Morgan fingerprint density at radius 1 is 0.373 bits per heavy atom. The summed E-state index contributed by atoms with van der Waals surface area (Å²) in [5.41, 5.74) is 13.6. The van der Waals surface area contributed by atoms with Crippen molar-refractivity contribution in [3.8, 4) is 22.3 Å². The minimum Gasteiger partial charge on any atom is -0.311 e. The van der Waals surface area contributed by atoms with E-state index in [0.29, 0.717) is 0 Å². The third-order valence-corrected chi connectivity index (χ3v) is 11.0. The first-order valence-electron chi connectivity index (χ1n) is 20.1. The van der Waals surface area contributed by atoms with Crippen molar-refractivity contribution < 1.29 is 0 Å². The number of fused-ring (bicyclic) bond motifs is 2. The lowest BCUT2D eigenvalue weighted by Gasteiger charge is -2.26. The summed E-state index contributed by atoms with van der Waals surface area (Å²) in [6.45, 7) is 6.42. The molecule has 2 heteroatoms. The number of para-hydroxylation sites is 2. The van der Waals surface area contributed by atoms with E-state index < -0.39 is 0 Å². The van der Waals surface area contributed by atoms with Crippen LogP contribution < -0.4 is 9.80 Å². The van der Waals surface area contributed by atoms with Gasteiger partial charge in [0.2, 0.25) is 0 Å². The van der Waals surface area contributed by atoms with Crippen LogP contribution in [0.4, 0.5) is 28.4 Å². The topological polar surface area (TPSA) is 6.48 Å². The molecule has 0 aliphatic heterocycles. The maximum atomic E-state index is 4.24. The summed E-state index contributed by atoms with van der Waals surface area (Å²) in [5, 5.41) is 4.87. The first kappa shape index (κ1) is 36.9. The molecule has 0 bridgehead atoms. The van der Waals surface area contributed by atoms with E-state index in [1.807, 2.05) is 6.08 Å². The monoisotopic (exact) mass is 756 g/mol. The molecule has 0 saturated carbocycles. The van der Waals surface area contributed by atoms with Gasteiger partial charge in [-0.3, -0.25) is 0 Å². The molecule has 0 atom stereocenters. The molecular weight excluding hydrogens is 713 g/mol. The van der Waals surface area contributed by atoms with Crippen LogP contribution >= 0.6 is 0 Å². The SMILES string of the molecule is C=C/C(=C\C=C(/C)c1cccc(-c2cccc(-c3ccc(N(c4ccccc4)c4ccc5ccccc5c4)cc3)c2)c1)N(c1ccccc1)c1ccc2ccccc2c1. The molecule has 0 aromatic heterocycles. The third kappa shape index (κ3) is 7.98. The Bertz CT molecular complexity index is 2960. The van der Waals surface area contributed by atoms with Gasteiger partial charge in [-0.1, -0.05) is 158 Å². The molecule has 0 N–H and O–H groups in total. The molecule has 9 aromatic carbocycles. The van der Waals surface area contributed by atoms with Crippen LogP contribution in [0.15, 0.2) is 249 Å². The second kappa shape index (κ2) is 16.8. The molecule has 0 aliphatic rings. The molecule has 9 aromatic rings. The Morgan fingerprint density at radius 3 is 1.51 bits per heavy atom. The summed E-state index contributed by atoms with van der Waals surface area (Å²) in [6, 6.07) is 77.9. The van der Waals surface area contributed by atoms with Gasteiger partial charge in [0.25, 0.3) is 0 Å². The van der Waals surface area contributed by atoms with Gasteiger partial charge in [0.05, 0.1) is 0 Å². The first-order valence-corrected chi connectivity index (χ1v) is 20.1. The zero-order valence-corrected chi connectivity index (χ0v) is 33.1. The molecule has 0 radical (unpaired) electrons. The second-order valence-corrected chi connectivity index (χ2v) is 14.8. The van der Waals surface area contributed by atoms with Crippen LogP contribution in [0.3, 0.4) is 0 Å². The average molecular weight is 757 g/mol. The molecule has 0 saturated heterocycles. The van der Waals surface area contributed by atoms with Gasteiger partial charge >= 0.3 is 0 Å². The van der Waals surface area contributed by atoms with Crippen molar-refractivity contribution in [1.29, 1.82) is 0 Å². The fourth-order valence-corrected chi connectivity index (χ4v) is 7.85. The van der Waals surface area contributed by atoms with Crippen LogP contribution in [0.5, 0.6) is 0 Å². The van der Waals surface area contributed by atoms with Crippen LogP contribution in [-0.4, -0.2) is 0 Å². The predicted molar refractivity (Wildman–Crippen MR) is 254 cm³/mol. The van der Waals surface area contributed by atoms with E-state index in [0.717, 1.165) is 34.1 Å². The maximum absolute atomic E-state index is 4.24. The first-order chi connectivity index (χ1) is 29.1. The number of rotatable bonds is 11. The Kier molecular flexibility index (Phi) is 10.5. The highest BCUT2D eigenvalue weighted by atomic mass is 15.1. The van der Waals surface area contributed by atoms with Crippen molar-refractivity contribution in [2.45, 2.75) is 6.92 Å². The Morgan fingerprint density at radius 2 is 0.864 bits per heavy atom. The average Bonchev–Trinajstić information content (AvgIpc) is 3.31. The molecular formula is C57H44N2. The summed E-state index contributed by atoms with van der Waals surface area (Å²) in [5.74, 6) is 0. The quantitative estimate of drug-likeness (QED) is 0.121. The minimum atomic E-state index is 0.991. The molecule has 2 nitrogen and oxygen atoms in total. The van der Waals surface area contributed by atoms with Gasteiger partial charge in [-0.05, 0) is 147 Å². The fourth-order valence-electron chi connectivity index (χ4n) is 7.85. The van der Waals surface area contributed by atoms with Gasteiger partial charge in [0.15, 0.2) is 0 Å². The minimum absolute atomic E-state index is 0.991. The Labute approximate surface area is 347 Å². The van der Waals surface area contributed by atoms with E-state index >= 15 is 0 Å². The normalized spacial score (nSPS) is 11.7. The predicted octanol–water partition coefficient (Wildman–Crippen LogP) is 16.1. The number of hydrogen-bond donors (Lipinski definition) is 0. The fraction of sp³-hybridized carbons (Fsp3) is 0.0175. The lowest BCUT2D eigenvalue weighted by molar-refractivity contribution is 1.21. The number of allylic oxidation sites excluding steroid dienone is 4. The summed E-state index contributed by atoms with van der Waals surface area (Å²) in [7, 11) is 0. The van der Waals surface area contributed by atoms with Gasteiger partial charge < -0.3 is 9.80 Å². The molecule has 0 aliphatic carbocycles. The van der Waals surface area contributed by atoms with Crippen molar-refractivity contribution in [2.24, 2.45) is 0 Å². The molecule has 282 valence electrons. The largest absolute Gasteiger partial charge is 0.311 e. The highest BCUT2D eigenvalue weighted by Crippen LogP contribution is 2.38. The number of hydrogen-bond acceptors (Lipinski definition) is 2. The van der Waals surface area contributed by atoms with E-state index in [1.165, 1.54) is 54.9 Å². The van der Waals surface area contributed by atoms with E-state index in [4.69, 9.17) is 0 Å². The molecule has 0 heterocycles. The number of nitrogens with zero attached hydrogens (tertiary/aromatic N) is 2. The van der Waals surface area contributed by atoms with Crippen LogP contribution in [0.25, 0.3) is 49.4 Å². The smallest absolute Gasteiger partial charge is 0.0468 e. The van der Waals surface area contributed by atoms with Crippen LogP contribution in [0.2, 0.25) is 0 Å². The van der Waals surface area contributed by atoms with E-state index in [-0.39, 0.29) is 0 Å². The van der Waals surface area contributed by atoms with Crippen molar-refractivity contribution in [1.82, 2.24) is 0 Å². The Hall–Kier alpha value is -7.68. The molecule has 0 spiro atoms. The van der Waals surface area contributed by atoms with Gasteiger partial charge in [0.1, 0.15) is 0 Å². The summed E-state index contributed by atoms with van der Waals surface area (Å²) in [6.07, 6.45) is 6.30. The summed E-state index contributed by atoms with van der Waals surface area (Å²) < 4.78 is 0. The molecule has 59 heavy (non-hydrogen) atoms. The van der Waals surface area contributed by atoms with E-state index in [1.54, 1.807) is 0 Å². The van der Waals surface area contributed by atoms with Gasteiger partial charge in [-0.15, -0.1) is 0 Å². The second-order valence-electron chi connectivity index (χ2n) is 14.8. The standard InChI is InChI=1S/C57H44N2/c1-3-52(58(53-24-6-4-7-25-53)56-36-31-43-16-10-12-18-50(43)40-56)33-28-42(2)46-20-14-22-48(38-46)49-23-15-21-47(39-49)45-29-34-55(35-30-45)59(54-26-8-5-9-27-54)57-37-32-44-17-11-13-19-51(44)41-57/h3-41H,1H2,2H3/b42-28+,52-33+. The lowest BCUT2D eigenvalue weighted by Crippen LogP contribution is -2.14. The summed E-state index contributed by atoms with van der Waals surface area (Å²) in [4.78, 5) is 4.59. The van der Waals surface area contributed by atoms with E-state index in [9.17, 15) is 0 Å². The van der Waals surface area contributed by atoms with Crippen molar-refractivity contribution >= 4 is 55.6 Å². The van der Waals surface area contributed by atoms with Crippen molar-refractivity contribution in [3.63, 3.8) is 0 Å². The van der Waals surface area contributed by atoms with Gasteiger partial charge in [0, 0.05) is 34.1 Å². The Balaban J connectivity index is 0.993. The van der Waals surface area contributed by atoms with Crippen LogP contribution in [0.1, 0.15) is 12.5 Å². The van der Waals surface area contributed by atoms with Crippen LogP contribution in [-0.2, 0) is 0 Å². The lowest BCUT2D eigenvalue weighted by atomic mass is 9.96. The van der Waals surface area contributed by atoms with Crippen molar-refractivity contribution in [2.75, 3.05) is 9.80 Å². The highest BCUT2D eigenvalue weighted by molar-refractivity contribution is 5.90. The molecule has 0 unspecified atom stereocenters.